The van der Waals surface area contributed by atoms with Gasteiger partial charge in [0.25, 0.3) is 5.91 Å². The van der Waals surface area contributed by atoms with Crippen molar-refractivity contribution in [2.75, 3.05) is 19.6 Å². The van der Waals surface area contributed by atoms with Crippen molar-refractivity contribution in [3.8, 4) is 0 Å². The first-order valence-electron chi connectivity index (χ1n) is 8.78. The van der Waals surface area contributed by atoms with Crippen LogP contribution < -0.4 is 5.32 Å². The van der Waals surface area contributed by atoms with Gasteiger partial charge in [0, 0.05) is 31.7 Å². The Morgan fingerprint density at radius 1 is 1.22 bits per heavy atom. The van der Waals surface area contributed by atoms with E-state index in [1.54, 1.807) is 28.9 Å². The molecule has 0 unspecified atom stereocenters. The Labute approximate surface area is 161 Å². The third kappa shape index (κ3) is 2.87. The Kier molecular flexibility index (Phi) is 4.57. The van der Waals surface area contributed by atoms with Crippen LogP contribution in [-0.2, 0) is 0 Å². The number of nitrogens with one attached hydrogen (secondary N) is 1. The maximum atomic E-state index is 13.8. The van der Waals surface area contributed by atoms with Crippen molar-refractivity contribution in [2.45, 2.75) is 6.04 Å². The second-order valence-electron chi connectivity index (χ2n) is 7.02. The van der Waals surface area contributed by atoms with Crippen LogP contribution in [0.15, 0.2) is 48.9 Å². The number of fused-ring (bicyclic) bond motifs is 2. The normalized spacial score (nSPS) is 24.0. The van der Waals surface area contributed by atoms with Gasteiger partial charge in [-0.25, -0.2) is 4.39 Å². The molecule has 27 heavy (non-hydrogen) atoms. The van der Waals surface area contributed by atoms with Gasteiger partial charge in [0.15, 0.2) is 5.65 Å². The van der Waals surface area contributed by atoms with Crippen molar-refractivity contribution >= 4 is 24.0 Å². The van der Waals surface area contributed by atoms with Gasteiger partial charge in [-0.15, -0.1) is 22.6 Å². The minimum atomic E-state index is -0.274. The second kappa shape index (κ2) is 6.90. The fourth-order valence-electron chi connectivity index (χ4n) is 4.42. The average Bonchev–Trinajstić information content (AvgIpc) is 3.35. The summed E-state index contributed by atoms with van der Waals surface area (Å²) in [6.45, 7) is 2.38. The number of hydrogen-bond donors (Lipinski definition) is 1. The first-order valence-corrected chi connectivity index (χ1v) is 8.78. The molecule has 0 radical (unpaired) electrons. The number of nitrogens with zero attached hydrogens (tertiary/aromatic N) is 4. The molecular formula is C19H19ClFN5O. The van der Waals surface area contributed by atoms with Crippen molar-refractivity contribution in [3.63, 3.8) is 0 Å². The lowest BCUT2D eigenvalue weighted by Crippen LogP contribution is -2.35. The Balaban J connectivity index is 0.00000180. The number of amides is 1. The van der Waals surface area contributed by atoms with Crippen LogP contribution in [0.2, 0.25) is 0 Å². The number of pyridine rings is 1. The fourth-order valence-corrected chi connectivity index (χ4v) is 4.42. The van der Waals surface area contributed by atoms with Crippen molar-refractivity contribution in [1.29, 1.82) is 0 Å². The molecule has 2 fully saturated rings. The molecule has 0 bridgehead atoms. The molecule has 3 aromatic rings. The standard InChI is InChI=1S/C19H18FN5O.ClH/c20-14-4-1-3-12(7-14)17-16-9-21-8-13(16)10-25(17)19(26)15-5-2-6-24-11-22-23-18(15)24;/h1-7,11,13,16-17,21H,8-10H2;1H/t13-,16-,17+;/m0./s1. The zero-order valence-corrected chi connectivity index (χ0v) is 15.3. The quantitative estimate of drug-likeness (QED) is 0.733. The summed E-state index contributed by atoms with van der Waals surface area (Å²) in [7, 11) is 0. The Hall–Kier alpha value is -2.51. The Bertz CT molecular complexity index is 993. The molecule has 1 N–H and O–H groups in total. The van der Waals surface area contributed by atoms with E-state index >= 15 is 0 Å². The van der Waals surface area contributed by atoms with Gasteiger partial charge in [0.1, 0.15) is 12.1 Å². The van der Waals surface area contributed by atoms with Crippen molar-refractivity contribution in [2.24, 2.45) is 11.8 Å². The van der Waals surface area contributed by atoms with E-state index in [1.807, 2.05) is 23.2 Å². The minimum Gasteiger partial charge on any atom is -0.331 e. The minimum absolute atomic E-state index is 0. The van der Waals surface area contributed by atoms with Gasteiger partial charge in [-0.2, -0.15) is 0 Å². The molecule has 1 aromatic carbocycles. The molecule has 6 nitrogen and oxygen atoms in total. The van der Waals surface area contributed by atoms with E-state index in [0.29, 0.717) is 29.6 Å². The molecule has 2 saturated heterocycles. The Morgan fingerprint density at radius 2 is 2.11 bits per heavy atom. The summed E-state index contributed by atoms with van der Waals surface area (Å²) < 4.78 is 15.6. The molecule has 0 saturated carbocycles. The van der Waals surface area contributed by atoms with Crippen LogP contribution in [0.4, 0.5) is 4.39 Å². The van der Waals surface area contributed by atoms with Crippen molar-refractivity contribution in [3.05, 3.63) is 65.9 Å². The summed E-state index contributed by atoms with van der Waals surface area (Å²) in [5.74, 6) is 0.319. The fraction of sp³-hybridized carbons (Fsp3) is 0.316. The maximum Gasteiger partial charge on any atom is 0.258 e. The first kappa shape index (κ1) is 17.9. The highest BCUT2D eigenvalue weighted by Crippen LogP contribution is 2.43. The average molecular weight is 388 g/mol. The molecule has 140 valence electrons. The summed E-state index contributed by atoms with van der Waals surface area (Å²) >= 11 is 0. The number of aromatic nitrogens is 3. The number of rotatable bonds is 2. The van der Waals surface area contributed by atoms with Gasteiger partial charge in [-0.05, 0) is 35.7 Å². The third-order valence-electron chi connectivity index (χ3n) is 5.57. The molecular weight excluding hydrogens is 369 g/mol. The SMILES string of the molecule is Cl.O=C(c1cccn2cnnc12)N1C[C@@H]2CNC[C@@H]2[C@H]1c1cccc(F)c1. The van der Waals surface area contributed by atoms with E-state index in [2.05, 4.69) is 15.5 Å². The molecule has 2 aliphatic rings. The number of hydrogen-bond acceptors (Lipinski definition) is 4. The summed E-state index contributed by atoms with van der Waals surface area (Å²) in [5.41, 5.74) is 1.92. The summed E-state index contributed by atoms with van der Waals surface area (Å²) in [6.07, 6.45) is 3.40. The van der Waals surface area contributed by atoms with Gasteiger partial charge >= 0.3 is 0 Å². The number of carbonyl (C=O) groups is 1. The zero-order valence-electron chi connectivity index (χ0n) is 14.5. The van der Waals surface area contributed by atoms with E-state index < -0.39 is 0 Å². The summed E-state index contributed by atoms with van der Waals surface area (Å²) in [6, 6.07) is 10.1. The maximum absolute atomic E-state index is 13.8. The van der Waals surface area contributed by atoms with Gasteiger partial charge in [-0.1, -0.05) is 12.1 Å². The highest BCUT2D eigenvalue weighted by molar-refractivity contribution is 6.00. The van der Waals surface area contributed by atoms with E-state index in [9.17, 15) is 9.18 Å². The van der Waals surface area contributed by atoms with Crippen molar-refractivity contribution in [1.82, 2.24) is 24.8 Å². The molecule has 3 atom stereocenters. The van der Waals surface area contributed by atoms with Gasteiger partial charge < -0.3 is 10.2 Å². The predicted molar refractivity (Wildman–Crippen MR) is 100 cm³/mol. The van der Waals surface area contributed by atoms with E-state index in [0.717, 1.165) is 18.7 Å². The highest BCUT2D eigenvalue weighted by atomic mass is 35.5. The Morgan fingerprint density at radius 3 is 2.96 bits per heavy atom. The van der Waals surface area contributed by atoms with Crippen LogP contribution in [0.1, 0.15) is 22.0 Å². The predicted octanol–water partition coefficient (Wildman–Crippen LogP) is 2.32. The largest absolute Gasteiger partial charge is 0.331 e. The monoisotopic (exact) mass is 387 g/mol. The molecule has 5 rings (SSSR count). The first-order chi connectivity index (χ1) is 12.7. The smallest absolute Gasteiger partial charge is 0.258 e. The summed E-state index contributed by atoms with van der Waals surface area (Å²) in [5, 5.41) is 11.4. The highest BCUT2D eigenvalue weighted by Gasteiger charge is 2.47. The lowest BCUT2D eigenvalue weighted by molar-refractivity contribution is 0.0715. The number of benzene rings is 1. The van der Waals surface area contributed by atoms with E-state index in [1.165, 1.54) is 6.07 Å². The molecule has 0 aliphatic carbocycles. The van der Waals surface area contributed by atoms with Crippen LogP contribution in [-0.4, -0.2) is 45.0 Å². The lowest BCUT2D eigenvalue weighted by atomic mass is 9.89. The topological polar surface area (TPSA) is 62.5 Å². The number of likely N-dealkylation sites (tertiary alicyclic amines) is 1. The molecule has 1 amide bonds. The van der Waals surface area contributed by atoms with Crippen molar-refractivity contribution < 1.29 is 9.18 Å². The van der Waals surface area contributed by atoms with Gasteiger partial charge in [0.05, 0.1) is 11.6 Å². The summed E-state index contributed by atoms with van der Waals surface area (Å²) in [4.78, 5) is 15.3. The number of halogens is 2. The molecule has 0 spiro atoms. The van der Waals surface area contributed by atoms with E-state index in [4.69, 9.17) is 0 Å². The third-order valence-corrected chi connectivity index (χ3v) is 5.57. The molecule has 8 heteroatoms. The molecule has 2 aromatic heterocycles. The van der Waals surface area contributed by atoms with Crippen LogP contribution in [0, 0.1) is 17.7 Å². The van der Waals surface area contributed by atoms with Crippen LogP contribution in [0.5, 0.6) is 0 Å². The number of carbonyl (C=O) groups excluding carboxylic acids is 1. The lowest BCUT2D eigenvalue weighted by Gasteiger charge is -2.28. The van der Waals surface area contributed by atoms with Crippen LogP contribution in [0.25, 0.3) is 5.65 Å². The van der Waals surface area contributed by atoms with Crippen LogP contribution in [0.3, 0.4) is 0 Å². The zero-order chi connectivity index (χ0) is 17.7. The molecule has 4 heterocycles. The van der Waals surface area contributed by atoms with Gasteiger partial charge in [0.2, 0.25) is 0 Å². The van der Waals surface area contributed by atoms with Crippen LogP contribution >= 0.6 is 12.4 Å². The van der Waals surface area contributed by atoms with Gasteiger partial charge in [-0.3, -0.25) is 9.20 Å². The second-order valence-corrected chi connectivity index (χ2v) is 7.02. The molecule has 2 aliphatic heterocycles. The van der Waals surface area contributed by atoms with E-state index in [-0.39, 0.29) is 30.2 Å².